The van der Waals surface area contributed by atoms with Crippen molar-refractivity contribution in [3.8, 4) is 11.1 Å². The summed E-state index contributed by atoms with van der Waals surface area (Å²) in [4.78, 5) is 50.1. The maximum Gasteiger partial charge on any atom is 2.00 e. The average Bonchev–Trinajstić information content (AvgIpc) is 3.79. The Morgan fingerprint density at radius 2 is 1.45 bits per heavy atom. The molecule has 8 heteroatoms. The molecule has 7 nitrogen and oxygen atoms in total. The van der Waals surface area contributed by atoms with Gasteiger partial charge in [-0.3, -0.25) is 14.6 Å². The molecular formula is C39H31N5O2Zn. The molecule has 0 fully saturated rings. The molecule has 0 saturated carbocycles. The molecule has 5 aromatic rings. The maximum absolute atomic E-state index is 14.5. The largest absolute Gasteiger partial charge is 2.00 e. The second-order valence-electron chi connectivity index (χ2n) is 13.1. The number of hydrogen-bond donors (Lipinski definition) is 0. The molecule has 6 heterocycles. The molecule has 3 aromatic heterocycles. The Balaban J connectivity index is 0.00000351. The number of fused-ring (bicyclic) bond motifs is 8. The van der Waals surface area contributed by atoms with Crippen LogP contribution < -0.4 is 14.9 Å². The third-order valence-electron chi connectivity index (χ3n) is 9.08. The number of rotatable bonds is 2. The van der Waals surface area contributed by atoms with Gasteiger partial charge in [-0.15, -0.1) is 22.1 Å². The fourth-order valence-electron chi connectivity index (χ4n) is 7.02. The first-order chi connectivity index (χ1) is 22.1. The Kier molecular flexibility index (Phi) is 7.25. The summed E-state index contributed by atoms with van der Waals surface area (Å²) in [6, 6.07) is 23.1. The van der Waals surface area contributed by atoms with E-state index in [0.717, 1.165) is 55.9 Å². The summed E-state index contributed by atoms with van der Waals surface area (Å²) in [5, 5.41) is 0. The van der Waals surface area contributed by atoms with E-state index in [1.54, 1.807) is 12.1 Å². The van der Waals surface area contributed by atoms with Crippen LogP contribution in [-0.2, 0) is 31.3 Å². The molecule has 2 amide bonds. The third kappa shape index (κ3) is 4.99. The number of aryl methyl sites for hydroxylation is 3. The van der Waals surface area contributed by atoms with Gasteiger partial charge in [-0.05, 0) is 67.3 Å². The number of carbonyl (C=O) groups is 2. The minimum absolute atomic E-state index is 0. The number of para-hydroxylation sites is 1. The van der Waals surface area contributed by atoms with Gasteiger partial charge in [-0.25, -0.2) is 9.88 Å². The van der Waals surface area contributed by atoms with Gasteiger partial charge < -0.3 is 9.97 Å². The van der Waals surface area contributed by atoms with Crippen molar-refractivity contribution in [1.29, 1.82) is 0 Å². The van der Waals surface area contributed by atoms with Crippen molar-refractivity contribution < 1.29 is 29.1 Å². The van der Waals surface area contributed by atoms with Gasteiger partial charge in [0.1, 0.15) is 0 Å². The molecule has 3 aliphatic rings. The molecule has 2 aromatic carbocycles. The molecule has 0 saturated heterocycles. The van der Waals surface area contributed by atoms with E-state index in [2.05, 4.69) is 46.8 Å². The summed E-state index contributed by atoms with van der Waals surface area (Å²) in [5.41, 5.74) is 11.5. The second-order valence-corrected chi connectivity index (χ2v) is 13.1. The smallest absolute Gasteiger partial charge is 0.658 e. The first-order valence-corrected chi connectivity index (χ1v) is 15.4. The summed E-state index contributed by atoms with van der Waals surface area (Å²) < 4.78 is 0. The number of benzene rings is 2. The van der Waals surface area contributed by atoms with Gasteiger partial charge in [0.2, 0.25) is 0 Å². The Labute approximate surface area is 285 Å². The first-order valence-electron chi connectivity index (χ1n) is 15.4. The summed E-state index contributed by atoms with van der Waals surface area (Å²) in [6.07, 6.45) is 4.47. The molecule has 226 valence electrons. The Morgan fingerprint density at radius 3 is 2.17 bits per heavy atom. The quantitative estimate of drug-likeness (QED) is 0.139. The molecule has 8 rings (SSSR count). The number of anilines is 1. The Morgan fingerprint density at radius 1 is 0.745 bits per heavy atom. The summed E-state index contributed by atoms with van der Waals surface area (Å²) >= 11 is 0. The van der Waals surface area contributed by atoms with Gasteiger partial charge in [-0.2, -0.15) is 0 Å². The molecule has 0 radical (unpaired) electrons. The molecule has 0 unspecified atom stereocenters. The van der Waals surface area contributed by atoms with E-state index < -0.39 is 11.8 Å². The average molecular weight is 667 g/mol. The Bertz CT molecular complexity index is 2320. The number of carbonyl (C=O) groups excluding carboxylic acids is 2. The van der Waals surface area contributed by atoms with Crippen molar-refractivity contribution in [1.82, 2.24) is 19.9 Å². The zero-order chi connectivity index (χ0) is 31.9. The van der Waals surface area contributed by atoms with E-state index >= 15 is 0 Å². The minimum atomic E-state index is -0.424. The molecule has 3 aliphatic heterocycles. The van der Waals surface area contributed by atoms with E-state index in [1.165, 1.54) is 4.90 Å². The molecular weight excluding hydrogens is 636 g/mol. The first kappa shape index (κ1) is 30.7. The monoisotopic (exact) mass is 665 g/mol. The van der Waals surface area contributed by atoms with E-state index in [1.807, 2.05) is 60.7 Å². The maximum atomic E-state index is 14.5. The second kappa shape index (κ2) is 11.1. The molecule has 8 bridgehead atoms. The van der Waals surface area contributed by atoms with Crippen molar-refractivity contribution in [2.24, 2.45) is 0 Å². The van der Waals surface area contributed by atoms with Crippen molar-refractivity contribution in [3.05, 3.63) is 123 Å². The third-order valence-corrected chi connectivity index (χ3v) is 9.08. The van der Waals surface area contributed by atoms with E-state index in [4.69, 9.17) is 19.9 Å². The van der Waals surface area contributed by atoms with Gasteiger partial charge >= 0.3 is 19.5 Å². The normalized spacial score (nSPS) is 14.8. The van der Waals surface area contributed by atoms with Crippen LogP contribution in [0.5, 0.6) is 0 Å². The van der Waals surface area contributed by atoms with Crippen molar-refractivity contribution in [3.63, 3.8) is 0 Å². The van der Waals surface area contributed by atoms with E-state index in [-0.39, 0.29) is 24.9 Å². The Hall–Kier alpha value is -4.94. The van der Waals surface area contributed by atoms with Gasteiger partial charge in [0.15, 0.2) is 0 Å². The fraction of sp³-hybridized carbons (Fsp3) is 0.179. The molecule has 0 N–H and O–H groups in total. The van der Waals surface area contributed by atoms with Crippen LogP contribution in [0.25, 0.3) is 45.3 Å². The van der Waals surface area contributed by atoms with E-state index in [0.29, 0.717) is 40.0 Å². The van der Waals surface area contributed by atoms with Crippen LogP contribution in [0.3, 0.4) is 0 Å². The molecule has 0 spiro atoms. The summed E-state index contributed by atoms with van der Waals surface area (Å²) in [6.45, 7) is 10.5. The van der Waals surface area contributed by atoms with Crippen molar-refractivity contribution >= 4 is 51.7 Å². The van der Waals surface area contributed by atoms with Gasteiger partial charge in [-0.1, -0.05) is 80.1 Å². The van der Waals surface area contributed by atoms with Crippen LogP contribution in [0.1, 0.15) is 74.0 Å². The minimum Gasteiger partial charge on any atom is -0.658 e. The summed E-state index contributed by atoms with van der Waals surface area (Å²) in [7, 11) is 0. The van der Waals surface area contributed by atoms with Crippen LogP contribution >= 0.6 is 0 Å². The predicted octanol–water partition coefficient (Wildman–Crippen LogP) is 7.65. The SMILES string of the molecule is Cc1cc(C)c(-c2c3nc(cc4ccc(cc5nc(c6c7[n-]c2cc7C(=O)N(c2ccccc2)C6=O)CC5(C)C)[n-]4)C=C3)c(C)c1.[Zn+2]. The van der Waals surface area contributed by atoms with Gasteiger partial charge in [0.25, 0.3) is 11.8 Å². The van der Waals surface area contributed by atoms with Crippen LogP contribution in [0.4, 0.5) is 5.69 Å². The van der Waals surface area contributed by atoms with Gasteiger partial charge in [0, 0.05) is 28.7 Å². The van der Waals surface area contributed by atoms with E-state index in [9.17, 15) is 9.59 Å². The topological polar surface area (TPSA) is 91.4 Å². The number of imide groups is 1. The zero-order valence-electron chi connectivity index (χ0n) is 27.0. The van der Waals surface area contributed by atoms with Crippen LogP contribution in [-0.4, -0.2) is 21.8 Å². The zero-order valence-corrected chi connectivity index (χ0v) is 30.0. The molecule has 0 aliphatic carbocycles. The number of nitrogens with zero attached hydrogens (tertiary/aromatic N) is 5. The molecule has 0 atom stereocenters. The standard InChI is InChI=1S/C39H33N5O2.Zn/c1-21-15-22(2)33(23(3)16-21)34-29-14-13-25(41-29)17-24-11-12-26(40-24)18-32-39(4,5)20-31(42-32)35-36-28(19-30(34)43-36)37(45)44(38(35)46)27-9-7-6-8-10-27;/h6-19H,20H2,1-5H3,(H2,40,41,42,43,45,46);/q;+2/p-2. The molecule has 47 heavy (non-hydrogen) atoms. The van der Waals surface area contributed by atoms with Crippen molar-refractivity contribution in [2.75, 3.05) is 4.90 Å². The number of hydrogen-bond acceptors (Lipinski definition) is 4. The number of amides is 2. The fourth-order valence-corrected chi connectivity index (χ4v) is 7.02. The van der Waals surface area contributed by atoms with Crippen LogP contribution in [0.2, 0.25) is 0 Å². The van der Waals surface area contributed by atoms with Crippen molar-refractivity contribution in [2.45, 2.75) is 46.5 Å². The number of aromatic nitrogens is 4. The van der Waals surface area contributed by atoms with Gasteiger partial charge in [0.05, 0.1) is 22.8 Å². The van der Waals surface area contributed by atoms with Crippen LogP contribution in [0, 0.1) is 20.8 Å². The van der Waals surface area contributed by atoms with Crippen LogP contribution in [0.15, 0.2) is 72.8 Å². The summed E-state index contributed by atoms with van der Waals surface area (Å²) in [5.74, 6) is -0.832. The predicted molar refractivity (Wildman–Crippen MR) is 182 cm³/mol.